The van der Waals surface area contributed by atoms with Crippen molar-refractivity contribution in [2.75, 3.05) is 19.8 Å². The van der Waals surface area contributed by atoms with Gasteiger partial charge >= 0.3 is 11.9 Å². The Kier molecular flexibility index (Phi) is 9.45. The number of carbonyl (C=O) groups excluding carboxylic acids is 3. The molecule has 0 atom stereocenters. The average Bonchev–Trinajstić information content (AvgIpc) is 2.73. The van der Waals surface area contributed by atoms with Crippen molar-refractivity contribution in [2.45, 2.75) is 26.9 Å². The molecule has 0 aliphatic carbocycles. The molecule has 164 valence electrons. The lowest BCUT2D eigenvalue weighted by Gasteiger charge is -2.22. The van der Waals surface area contributed by atoms with Crippen molar-refractivity contribution in [3.8, 4) is 0 Å². The monoisotopic (exact) mass is 424 g/mol. The molecule has 0 unspecified atom stereocenters. The molecule has 7 heteroatoms. The van der Waals surface area contributed by atoms with Gasteiger partial charge in [-0.05, 0) is 48.7 Å². The van der Waals surface area contributed by atoms with Crippen molar-refractivity contribution in [1.29, 1.82) is 0 Å². The second-order valence-electron chi connectivity index (χ2n) is 6.85. The molecule has 2 aromatic carbocycles. The van der Waals surface area contributed by atoms with Crippen molar-refractivity contribution in [2.24, 2.45) is 5.73 Å². The summed E-state index contributed by atoms with van der Waals surface area (Å²) in [4.78, 5) is 37.5. The van der Waals surface area contributed by atoms with E-state index in [4.69, 9.17) is 15.2 Å². The van der Waals surface area contributed by atoms with Gasteiger partial charge in [0.05, 0.1) is 19.8 Å². The van der Waals surface area contributed by atoms with E-state index in [1.165, 1.54) is 6.08 Å². The molecule has 0 aliphatic rings. The topological polar surface area (TPSA) is 98.9 Å². The standard InChI is InChI=1S/C24H28N2O5/c1-3-30-22(27)11-10-19-12-20(14-21(13-19)24(25)29)16-26(17-23(28)31-4-2)15-18-8-6-5-7-9-18/h5-14H,3-4,15-17H2,1-2H3,(H2,25,29)/b11-10-. The molecule has 2 rings (SSSR count). The molecule has 7 nitrogen and oxygen atoms in total. The van der Waals surface area contributed by atoms with Crippen molar-refractivity contribution in [3.63, 3.8) is 0 Å². The van der Waals surface area contributed by atoms with E-state index in [2.05, 4.69) is 0 Å². The van der Waals surface area contributed by atoms with Gasteiger partial charge in [-0.25, -0.2) is 4.79 Å². The van der Waals surface area contributed by atoms with E-state index in [0.29, 0.717) is 30.8 Å². The number of rotatable bonds is 11. The lowest BCUT2D eigenvalue weighted by atomic mass is 10.0. The molecular weight excluding hydrogens is 396 g/mol. The van der Waals surface area contributed by atoms with Crippen LogP contribution in [0.25, 0.3) is 6.08 Å². The van der Waals surface area contributed by atoms with Crippen LogP contribution < -0.4 is 5.73 Å². The Morgan fingerprint density at radius 1 is 0.935 bits per heavy atom. The van der Waals surface area contributed by atoms with Crippen LogP contribution in [0.15, 0.2) is 54.6 Å². The molecule has 0 aliphatic heterocycles. The van der Waals surface area contributed by atoms with E-state index in [0.717, 1.165) is 11.1 Å². The minimum atomic E-state index is -0.576. The predicted molar refractivity (Wildman–Crippen MR) is 118 cm³/mol. The van der Waals surface area contributed by atoms with E-state index in [9.17, 15) is 14.4 Å². The zero-order chi connectivity index (χ0) is 22.6. The van der Waals surface area contributed by atoms with Crippen LogP contribution >= 0.6 is 0 Å². The predicted octanol–water partition coefficient (Wildman–Crippen LogP) is 2.93. The highest BCUT2D eigenvalue weighted by Crippen LogP contribution is 2.16. The number of esters is 2. The highest BCUT2D eigenvalue weighted by Gasteiger charge is 2.14. The Labute approximate surface area is 182 Å². The van der Waals surface area contributed by atoms with Crippen LogP contribution in [0.2, 0.25) is 0 Å². The summed E-state index contributed by atoms with van der Waals surface area (Å²) in [5.74, 6) is -1.37. The van der Waals surface area contributed by atoms with Crippen LogP contribution in [0, 0.1) is 0 Å². The van der Waals surface area contributed by atoms with Crippen LogP contribution in [-0.2, 0) is 32.2 Å². The molecule has 1 amide bonds. The van der Waals surface area contributed by atoms with Crippen LogP contribution in [0.3, 0.4) is 0 Å². The molecule has 0 heterocycles. The van der Waals surface area contributed by atoms with Gasteiger partial charge in [-0.2, -0.15) is 0 Å². The van der Waals surface area contributed by atoms with Gasteiger partial charge in [0.25, 0.3) is 0 Å². The lowest BCUT2D eigenvalue weighted by molar-refractivity contribution is -0.144. The Balaban J connectivity index is 2.29. The summed E-state index contributed by atoms with van der Waals surface area (Å²) in [6.45, 7) is 5.07. The second-order valence-corrected chi connectivity index (χ2v) is 6.85. The van der Waals surface area contributed by atoms with Crippen LogP contribution in [0.1, 0.15) is 40.9 Å². The fraction of sp³-hybridized carbons (Fsp3) is 0.292. The molecule has 0 saturated heterocycles. The molecule has 0 fully saturated rings. The SMILES string of the molecule is CCOC(=O)/C=C\c1cc(CN(CC(=O)OCC)Cc2ccccc2)cc(C(N)=O)c1. The number of nitrogens with zero attached hydrogens (tertiary/aromatic N) is 1. The van der Waals surface area contributed by atoms with Crippen LogP contribution in [0.5, 0.6) is 0 Å². The van der Waals surface area contributed by atoms with Gasteiger partial charge in [-0.1, -0.05) is 36.4 Å². The van der Waals surface area contributed by atoms with Gasteiger partial charge < -0.3 is 15.2 Å². The quantitative estimate of drug-likeness (QED) is 0.440. The summed E-state index contributed by atoms with van der Waals surface area (Å²) in [5.41, 5.74) is 8.26. The normalized spacial score (nSPS) is 10.9. The fourth-order valence-corrected chi connectivity index (χ4v) is 3.06. The first-order chi connectivity index (χ1) is 14.9. The van der Waals surface area contributed by atoms with Gasteiger partial charge in [0.2, 0.25) is 5.91 Å². The maximum Gasteiger partial charge on any atom is 0.330 e. The third-order valence-corrected chi connectivity index (χ3v) is 4.31. The first-order valence-corrected chi connectivity index (χ1v) is 10.1. The molecule has 0 radical (unpaired) electrons. The van der Waals surface area contributed by atoms with Gasteiger partial charge in [-0.15, -0.1) is 0 Å². The molecule has 0 spiro atoms. The molecule has 2 aromatic rings. The summed E-state index contributed by atoms with van der Waals surface area (Å²) in [5, 5.41) is 0. The minimum absolute atomic E-state index is 0.0948. The van der Waals surface area contributed by atoms with Crippen LogP contribution in [-0.4, -0.2) is 42.5 Å². The van der Waals surface area contributed by atoms with Crippen molar-refractivity contribution in [1.82, 2.24) is 4.90 Å². The number of benzene rings is 2. The van der Waals surface area contributed by atoms with E-state index in [1.807, 2.05) is 41.3 Å². The zero-order valence-corrected chi connectivity index (χ0v) is 17.9. The van der Waals surface area contributed by atoms with E-state index >= 15 is 0 Å². The number of hydrogen-bond donors (Lipinski definition) is 1. The third-order valence-electron chi connectivity index (χ3n) is 4.31. The first-order valence-electron chi connectivity index (χ1n) is 10.1. The molecule has 31 heavy (non-hydrogen) atoms. The van der Waals surface area contributed by atoms with E-state index < -0.39 is 11.9 Å². The summed E-state index contributed by atoms with van der Waals surface area (Å²) in [6.07, 6.45) is 2.87. The maximum absolute atomic E-state index is 12.1. The molecule has 2 N–H and O–H groups in total. The molecular formula is C24H28N2O5. The number of carbonyl (C=O) groups is 3. The third kappa shape index (κ3) is 8.44. The van der Waals surface area contributed by atoms with E-state index in [-0.39, 0.29) is 19.1 Å². The fourth-order valence-electron chi connectivity index (χ4n) is 3.06. The number of primary amides is 1. The molecule has 0 aromatic heterocycles. The van der Waals surface area contributed by atoms with Crippen molar-refractivity contribution < 1.29 is 23.9 Å². The van der Waals surface area contributed by atoms with Gasteiger partial charge in [-0.3, -0.25) is 14.5 Å². The Morgan fingerprint density at radius 2 is 1.61 bits per heavy atom. The number of amides is 1. The summed E-state index contributed by atoms with van der Waals surface area (Å²) >= 11 is 0. The second kappa shape index (κ2) is 12.3. The van der Waals surface area contributed by atoms with Gasteiger partial charge in [0, 0.05) is 24.7 Å². The largest absolute Gasteiger partial charge is 0.465 e. The molecule has 0 saturated carbocycles. The first kappa shape index (κ1) is 23.8. The number of nitrogens with two attached hydrogens (primary N) is 1. The highest BCUT2D eigenvalue weighted by atomic mass is 16.5. The summed E-state index contributed by atoms with van der Waals surface area (Å²) < 4.78 is 10.00. The number of hydrogen-bond acceptors (Lipinski definition) is 6. The Morgan fingerprint density at radius 3 is 2.26 bits per heavy atom. The zero-order valence-electron chi connectivity index (χ0n) is 17.9. The van der Waals surface area contributed by atoms with Crippen molar-refractivity contribution in [3.05, 3.63) is 76.9 Å². The lowest BCUT2D eigenvalue weighted by Crippen LogP contribution is -2.30. The maximum atomic E-state index is 12.1. The Hall–Kier alpha value is -3.45. The van der Waals surface area contributed by atoms with Gasteiger partial charge in [0.15, 0.2) is 0 Å². The van der Waals surface area contributed by atoms with Crippen molar-refractivity contribution >= 4 is 23.9 Å². The number of ether oxygens (including phenoxy) is 2. The summed E-state index contributed by atoms with van der Waals surface area (Å²) in [6, 6.07) is 14.9. The molecule has 0 bridgehead atoms. The summed E-state index contributed by atoms with van der Waals surface area (Å²) in [7, 11) is 0. The minimum Gasteiger partial charge on any atom is -0.465 e. The Bertz CT molecular complexity index is 925. The average molecular weight is 424 g/mol. The smallest absolute Gasteiger partial charge is 0.330 e. The van der Waals surface area contributed by atoms with Crippen LogP contribution in [0.4, 0.5) is 0 Å². The van der Waals surface area contributed by atoms with Gasteiger partial charge in [0.1, 0.15) is 0 Å². The highest BCUT2D eigenvalue weighted by molar-refractivity contribution is 5.94. The van der Waals surface area contributed by atoms with E-state index in [1.54, 1.807) is 32.1 Å².